The fourth-order valence-corrected chi connectivity index (χ4v) is 3.62. The van der Waals surface area contributed by atoms with E-state index in [1.807, 2.05) is 13.0 Å². The van der Waals surface area contributed by atoms with Crippen LogP contribution >= 0.6 is 0 Å². The van der Waals surface area contributed by atoms with Gasteiger partial charge in [0.15, 0.2) is 0 Å². The quantitative estimate of drug-likeness (QED) is 0.888. The first kappa shape index (κ1) is 16.4. The first-order chi connectivity index (χ1) is 11.1. The zero-order valence-electron chi connectivity index (χ0n) is 13.8. The van der Waals surface area contributed by atoms with Gasteiger partial charge in [-0.1, -0.05) is 0 Å². The molecule has 1 N–H and O–H groups in total. The normalized spacial score (nSPS) is 28.7. The Kier molecular flexibility index (Phi) is 4.94. The number of pyridine rings is 1. The van der Waals surface area contributed by atoms with Gasteiger partial charge in [0.25, 0.3) is 5.91 Å². The molecule has 6 heteroatoms. The molecule has 3 rings (SSSR count). The Bertz CT molecular complexity index is 543. The van der Waals surface area contributed by atoms with Crippen LogP contribution in [0.1, 0.15) is 28.9 Å². The van der Waals surface area contributed by atoms with E-state index in [9.17, 15) is 9.90 Å². The predicted octanol–water partition coefficient (Wildman–Crippen LogP) is 0.686. The Morgan fingerprint density at radius 2 is 2.09 bits per heavy atom. The first-order valence-corrected chi connectivity index (χ1v) is 8.27. The van der Waals surface area contributed by atoms with E-state index in [1.54, 1.807) is 24.2 Å². The van der Waals surface area contributed by atoms with Gasteiger partial charge in [-0.15, -0.1) is 0 Å². The van der Waals surface area contributed by atoms with Gasteiger partial charge in [-0.05, 0) is 31.9 Å². The number of carbonyl (C=O) groups excluding carboxylic acids is 1. The lowest BCUT2D eigenvalue weighted by Crippen LogP contribution is -2.51. The topological polar surface area (TPSA) is 65.9 Å². The van der Waals surface area contributed by atoms with Gasteiger partial charge in [-0.25, -0.2) is 0 Å². The summed E-state index contributed by atoms with van der Waals surface area (Å²) in [6.07, 6.45) is 2.83. The average molecular weight is 319 g/mol. The maximum Gasteiger partial charge on any atom is 0.255 e. The molecule has 126 valence electrons. The number of hydrogen-bond donors (Lipinski definition) is 1. The molecule has 1 amide bonds. The van der Waals surface area contributed by atoms with Gasteiger partial charge in [0, 0.05) is 38.1 Å². The number of rotatable bonds is 3. The minimum Gasteiger partial charge on any atom is -0.389 e. The van der Waals surface area contributed by atoms with Crippen LogP contribution in [0.25, 0.3) is 0 Å². The van der Waals surface area contributed by atoms with Crippen molar-refractivity contribution in [1.82, 2.24) is 14.8 Å². The van der Waals surface area contributed by atoms with Crippen LogP contribution in [-0.4, -0.2) is 77.3 Å². The number of aryl methyl sites for hydroxylation is 1. The molecule has 0 spiro atoms. The summed E-state index contributed by atoms with van der Waals surface area (Å²) in [6, 6.07) is 3.61. The van der Waals surface area contributed by atoms with Crippen LogP contribution < -0.4 is 0 Å². The standard InChI is InChI=1S/C17H25N3O3/c1-12-3-4-13(11-18-12)17(22)19(2)14-5-6-15(16(14)21)20-7-9-23-10-8-20/h3-4,11,14-16,21H,5-10H2,1-2H3/t14-,15-,16-/m1/s1. The second-order valence-corrected chi connectivity index (χ2v) is 6.46. The van der Waals surface area contributed by atoms with Gasteiger partial charge in [0.1, 0.15) is 0 Å². The van der Waals surface area contributed by atoms with E-state index < -0.39 is 6.10 Å². The third kappa shape index (κ3) is 3.39. The molecule has 2 fully saturated rings. The highest BCUT2D eigenvalue weighted by molar-refractivity contribution is 5.94. The van der Waals surface area contributed by atoms with Crippen molar-refractivity contribution in [3.05, 3.63) is 29.6 Å². The van der Waals surface area contributed by atoms with Crippen molar-refractivity contribution in [3.8, 4) is 0 Å². The van der Waals surface area contributed by atoms with Gasteiger partial charge < -0.3 is 14.7 Å². The number of hydrogen-bond acceptors (Lipinski definition) is 5. The highest BCUT2D eigenvalue weighted by atomic mass is 16.5. The summed E-state index contributed by atoms with van der Waals surface area (Å²) in [5, 5.41) is 10.7. The lowest BCUT2D eigenvalue weighted by molar-refractivity contribution is -0.0231. The third-order valence-corrected chi connectivity index (χ3v) is 5.04. The van der Waals surface area contributed by atoms with Crippen molar-refractivity contribution in [1.29, 1.82) is 0 Å². The Morgan fingerprint density at radius 1 is 1.35 bits per heavy atom. The van der Waals surface area contributed by atoms with Crippen LogP contribution in [0.3, 0.4) is 0 Å². The Morgan fingerprint density at radius 3 is 2.74 bits per heavy atom. The molecule has 23 heavy (non-hydrogen) atoms. The third-order valence-electron chi connectivity index (χ3n) is 5.04. The number of carbonyl (C=O) groups is 1. The van der Waals surface area contributed by atoms with Crippen molar-refractivity contribution in [2.24, 2.45) is 0 Å². The molecule has 1 saturated heterocycles. The highest BCUT2D eigenvalue weighted by Crippen LogP contribution is 2.29. The van der Waals surface area contributed by atoms with Crippen LogP contribution in [0.15, 0.2) is 18.3 Å². The van der Waals surface area contributed by atoms with Gasteiger partial charge in [-0.3, -0.25) is 14.7 Å². The minimum atomic E-state index is -0.513. The Balaban J connectivity index is 1.66. The van der Waals surface area contributed by atoms with E-state index in [0.717, 1.165) is 44.8 Å². The fraction of sp³-hybridized carbons (Fsp3) is 0.647. The second kappa shape index (κ2) is 6.95. The minimum absolute atomic E-state index is 0.0795. The van der Waals surface area contributed by atoms with E-state index in [-0.39, 0.29) is 18.0 Å². The zero-order chi connectivity index (χ0) is 16.4. The maximum atomic E-state index is 12.6. The molecule has 1 aliphatic carbocycles. The highest BCUT2D eigenvalue weighted by Gasteiger charge is 2.41. The van der Waals surface area contributed by atoms with E-state index in [4.69, 9.17) is 4.74 Å². The second-order valence-electron chi connectivity index (χ2n) is 6.46. The molecule has 2 aliphatic rings. The Hall–Kier alpha value is -1.50. The molecule has 1 aliphatic heterocycles. The molecule has 0 aromatic carbocycles. The van der Waals surface area contributed by atoms with Crippen LogP contribution in [-0.2, 0) is 4.74 Å². The van der Waals surface area contributed by atoms with Gasteiger partial charge in [0.05, 0.1) is 30.9 Å². The predicted molar refractivity (Wildman–Crippen MR) is 86.3 cm³/mol. The monoisotopic (exact) mass is 319 g/mol. The molecule has 0 bridgehead atoms. The first-order valence-electron chi connectivity index (χ1n) is 8.27. The molecule has 2 heterocycles. The van der Waals surface area contributed by atoms with Crippen LogP contribution in [0, 0.1) is 6.92 Å². The molecule has 1 aromatic rings. The number of likely N-dealkylation sites (N-methyl/N-ethyl adjacent to an activating group) is 1. The van der Waals surface area contributed by atoms with Gasteiger partial charge >= 0.3 is 0 Å². The van der Waals surface area contributed by atoms with E-state index in [0.29, 0.717) is 5.56 Å². The summed E-state index contributed by atoms with van der Waals surface area (Å²) >= 11 is 0. The number of aliphatic hydroxyl groups excluding tert-OH is 1. The van der Waals surface area contributed by atoms with Crippen molar-refractivity contribution in [2.45, 2.75) is 38.0 Å². The summed E-state index contributed by atoms with van der Waals surface area (Å²) in [4.78, 5) is 20.8. The summed E-state index contributed by atoms with van der Waals surface area (Å²) in [5.41, 5.74) is 1.46. The molecule has 3 atom stereocenters. The molecule has 1 saturated carbocycles. The molecular weight excluding hydrogens is 294 g/mol. The number of morpholine rings is 1. The van der Waals surface area contributed by atoms with E-state index in [2.05, 4.69) is 9.88 Å². The van der Waals surface area contributed by atoms with Crippen LogP contribution in [0.5, 0.6) is 0 Å². The lowest BCUT2D eigenvalue weighted by Gasteiger charge is -2.36. The number of ether oxygens (including phenoxy) is 1. The van der Waals surface area contributed by atoms with E-state index in [1.165, 1.54) is 0 Å². The molecule has 0 unspecified atom stereocenters. The summed E-state index contributed by atoms with van der Waals surface area (Å²) in [5.74, 6) is -0.0795. The molecule has 6 nitrogen and oxygen atoms in total. The SMILES string of the molecule is Cc1ccc(C(=O)N(C)[C@@H]2CC[C@@H](N3CCOCC3)[C@@H]2O)cn1. The smallest absolute Gasteiger partial charge is 0.255 e. The number of aromatic nitrogens is 1. The zero-order valence-corrected chi connectivity index (χ0v) is 13.8. The van der Waals surface area contributed by atoms with E-state index >= 15 is 0 Å². The molecular formula is C17H25N3O3. The van der Waals surface area contributed by atoms with Gasteiger partial charge in [-0.2, -0.15) is 0 Å². The molecule has 0 radical (unpaired) electrons. The van der Waals surface area contributed by atoms with Crippen molar-refractivity contribution >= 4 is 5.91 Å². The average Bonchev–Trinajstić information content (AvgIpc) is 2.96. The van der Waals surface area contributed by atoms with Crippen molar-refractivity contribution in [3.63, 3.8) is 0 Å². The summed E-state index contributed by atoms with van der Waals surface area (Å²) in [6.45, 7) is 5.04. The summed E-state index contributed by atoms with van der Waals surface area (Å²) in [7, 11) is 1.78. The maximum absolute atomic E-state index is 12.6. The number of aliphatic hydroxyl groups is 1. The number of nitrogens with zero attached hydrogens (tertiary/aromatic N) is 3. The van der Waals surface area contributed by atoms with Gasteiger partial charge in [0.2, 0.25) is 0 Å². The lowest BCUT2D eigenvalue weighted by atomic mass is 10.1. The number of amides is 1. The Labute approximate surface area is 137 Å². The van der Waals surface area contributed by atoms with Crippen LogP contribution in [0.4, 0.5) is 0 Å². The summed E-state index contributed by atoms with van der Waals surface area (Å²) < 4.78 is 5.38. The largest absolute Gasteiger partial charge is 0.389 e. The van der Waals surface area contributed by atoms with Crippen molar-refractivity contribution in [2.75, 3.05) is 33.4 Å². The fourth-order valence-electron chi connectivity index (χ4n) is 3.62. The molecule has 1 aromatic heterocycles. The van der Waals surface area contributed by atoms with Crippen molar-refractivity contribution < 1.29 is 14.6 Å². The van der Waals surface area contributed by atoms with Crippen LogP contribution in [0.2, 0.25) is 0 Å².